The van der Waals surface area contributed by atoms with E-state index in [1.807, 2.05) is 19.9 Å². The molecular weight excluding hydrogens is 417 g/mol. The number of hydrogen-bond donors (Lipinski definition) is 0. The standard InChI is InChI=1S/C9H11NO.C9H7.C2H6Si.2ClH.Ti/c1-6-3-7(2)5-8(4-6)9(10)11;1-2-5-9-7-3-6-8(9)4-1;1-3-2;;;/h3-5H,1-2H3,(H2,10,11);1-7H;1-2H3;2*1H;/q;-1;;;;+2/p-3. The van der Waals surface area contributed by atoms with Crippen molar-refractivity contribution in [1.29, 1.82) is 0 Å². The molecule has 26 heavy (non-hydrogen) atoms. The Bertz CT molecular complexity index is 725. The first-order valence-corrected chi connectivity index (χ1v) is 14.2. The normalized spacial score (nSPS) is 8.85. The summed E-state index contributed by atoms with van der Waals surface area (Å²) in [4.78, 5) is 10.6. The summed E-state index contributed by atoms with van der Waals surface area (Å²) in [6.07, 6.45) is 0. The second kappa shape index (κ2) is 15.1. The summed E-state index contributed by atoms with van der Waals surface area (Å²) in [6, 6.07) is 20.1. The van der Waals surface area contributed by atoms with Crippen molar-refractivity contribution in [2.75, 3.05) is 0 Å². The quantitative estimate of drug-likeness (QED) is 0.291. The van der Waals surface area contributed by atoms with E-state index in [1.54, 1.807) is 12.1 Å². The second-order valence-corrected chi connectivity index (χ2v) is 9.01. The smallest absolute Gasteiger partial charge is 0.0809 e. The minimum absolute atomic E-state index is 0.475. The van der Waals surface area contributed by atoms with Crippen LogP contribution in [0.4, 0.5) is 0 Å². The fourth-order valence-corrected chi connectivity index (χ4v) is 2.18. The zero-order valence-electron chi connectivity index (χ0n) is 15.4. The monoisotopic (exact) mass is 439 g/mol. The number of benzene rings is 2. The molecule has 0 spiro atoms. The van der Waals surface area contributed by atoms with Gasteiger partial charge in [0.1, 0.15) is 0 Å². The molecule has 0 aliphatic rings. The molecule has 0 saturated heterocycles. The number of hydrogen-bond acceptors (Lipinski definition) is 1. The zero-order chi connectivity index (χ0) is 19.9. The van der Waals surface area contributed by atoms with Crippen molar-refractivity contribution in [1.82, 2.24) is 0 Å². The van der Waals surface area contributed by atoms with E-state index < -0.39 is 22.9 Å². The van der Waals surface area contributed by atoms with Crippen LogP contribution in [0.15, 0.2) is 60.7 Å². The molecule has 0 fully saturated rings. The summed E-state index contributed by atoms with van der Waals surface area (Å²) >= 11 is -0.556. The Morgan fingerprint density at radius 2 is 1.54 bits per heavy atom. The van der Waals surface area contributed by atoms with Gasteiger partial charge in [0.15, 0.2) is 0 Å². The fraction of sp³-hybridized carbons (Fsp3) is 0.200. The molecule has 138 valence electrons. The number of carbonyl (C=O) groups excluding carboxylic acids is 1. The summed E-state index contributed by atoms with van der Waals surface area (Å²) in [5, 5.41) is 2.66. The Morgan fingerprint density at radius 1 is 1.04 bits per heavy atom. The predicted octanol–water partition coefficient (Wildman–Crippen LogP) is 7.22. The number of halogens is 2. The number of aryl methyl sites for hydroxylation is 2. The van der Waals surface area contributed by atoms with Gasteiger partial charge in [-0.05, 0) is 19.4 Å². The molecule has 3 aromatic rings. The van der Waals surface area contributed by atoms with E-state index in [4.69, 9.17) is 24.3 Å². The SMILES string of the molecule is C[Si]C.Cc1cc(C)cc(C([NH-])=O)c1.[Cl][Ti][Cl].c1ccc2[cH-]ccc2c1. The van der Waals surface area contributed by atoms with E-state index >= 15 is 0 Å². The molecule has 2 nitrogen and oxygen atoms in total. The summed E-state index contributed by atoms with van der Waals surface area (Å²) in [6.45, 7) is 8.14. The maximum Gasteiger partial charge on any atom is -0.0809 e. The van der Waals surface area contributed by atoms with E-state index in [2.05, 4.69) is 55.6 Å². The van der Waals surface area contributed by atoms with E-state index in [0.29, 0.717) is 5.56 Å². The van der Waals surface area contributed by atoms with Crippen LogP contribution in [0.25, 0.3) is 16.5 Å². The molecule has 1 amide bonds. The molecule has 3 aromatic carbocycles. The van der Waals surface area contributed by atoms with E-state index in [9.17, 15) is 4.79 Å². The van der Waals surface area contributed by atoms with Gasteiger partial charge in [-0.15, -0.1) is 29.7 Å². The van der Waals surface area contributed by atoms with Crippen LogP contribution in [0.1, 0.15) is 21.5 Å². The summed E-state index contributed by atoms with van der Waals surface area (Å²) in [7, 11) is 10.9. The van der Waals surface area contributed by atoms with Crippen LogP contribution in [0.3, 0.4) is 0 Å². The van der Waals surface area contributed by atoms with Crippen molar-refractivity contribution < 1.29 is 21.8 Å². The van der Waals surface area contributed by atoms with Crippen LogP contribution >= 0.6 is 18.6 Å². The van der Waals surface area contributed by atoms with Gasteiger partial charge in [0, 0.05) is 9.52 Å². The van der Waals surface area contributed by atoms with Gasteiger partial charge in [0.25, 0.3) is 0 Å². The first kappa shape index (κ1) is 25.0. The number of amides is 1. The maximum atomic E-state index is 10.6. The molecule has 0 atom stereocenters. The van der Waals surface area contributed by atoms with E-state index in [1.165, 1.54) is 10.8 Å². The Morgan fingerprint density at radius 3 is 2.00 bits per heavy atom. The molecule has 6 heteroatoms. The molecule has 3 rings (SSSR count). The van der Waals surface area contributed by atoms with Gasteiger partial charge in [-0.2, -0.15) is 17.5 Å². The van der Waals surface area contributed by atoms with Gasteiger partial charge < -0.3 is 10.5 Å². The van der Waals surface area contributed by atoms with Crippen molar-refractivity contribution >= 4 is 44.8 Å². The number of fused-ring (bicyclic) bond motifs is 1. The van der Waals surface area contributed by atoms with Gasteiger partial charge in [-0.25, -0.2) is 0 Å². The molecule has 0 heterocycles. The van der Waals surface area contributed by atoms with Crippen molar-refractivity contribution in [3.05, 3.63) is 83.1 Å². The van der Waals surface area contributed by atoms with Crippen LogP contribution in [0, 0.1) is 13.8 Å². The molecule has 0 aromatic heterocycles. The average Bonchev–Trinajstić information content (AvgIpc) is 3.04. The zero-order valence-corrected chi connectivity index (χ0v) is 19.5. The van der Waals surface area contributed by atoms with Crippen LogP contribution in [-0.2, 0) is 17.0 Å². The van der Waals surface area contributed by atoms with E-state index in [0.717, 1.165) is 20.6 Å². The first-order chi connectivity index (χ1) is 12.4. The maximum absolute atomic E-state index is 10.6. The molecule has 0 saturated carbocycles. The van der Waals surface area contributed by atoms with Crippen molar-refractivity contribution in [3.63, 3.8) is 0 Å². The molecule has 0 aliphatic carbocycles. The van der Waals surface area contributed by atoms with Crippen LogP contribution in [-0.4, -0.2) is 15.4 Å². The van der Waals surface area contributed by atoms with Gasteiger partial charge in [-0.1, -0.05) is 48.5 Å². The largest absolute Gasteiger partial charge is 0.168 e. The minimum atomic E-state index is -0.614. The number of rotatable bonds is 1. The Balaban J connectivity index is 0.000000374. The Labute approximate surface area is 175 Å². The summed E-state index contributed by atoms with van der Waals surface area (Å²) in [5.74, 6) is -0.614. The number of nitrogens with one attached hydrogen (secondary N) is 1. The Hall–Kier alpha value is -0.969. The third-order valence-corrected chi connectivity index (χ3v) is 3.03. The summed E-state index contributed by atoms with van der Waals surface area (Å²) in [5.41, 5.74) is 9.40. The van der Waals surface area contributed by atoms with Crippen LogP contribution < -0.4 is 0 Å². The van der Waals surface area contributed by atoms with Gasteiger partial charge in [-0.3, -0.25) is 0 Å². The molecule has 0 aliphatic heterocycles. The number of carbonyl (C=O) groups is 1. The minimum Gasteiger partial charge on any atom is -0.168 e. The van der Waals surface area contributed by atoms with Crippen LogP contribution in [0.2, 0.25) is 13.1 Å². The molecule has 0 unspecified atom stereocenters. The fourth-order valence-electron chi connectivity index (χ4n) is 2.18. The van der Waals surface area contributed by atoms with E-state index in [-0.39, 0.29) is 0 Å². The molecule has 2 radical (unpaired) electrons. The van der Waals surface area contributed by atoms with Gasteiger partial charge in [0.2, 0.25) is 0 Å². The average molecular weight is 440 g/mol. The molecular formula is C20H23Cl2NOSiTi-2. The first-order valence-electron chi connectivity index (χ1n) is 7.89. The van der Waals surface area contributed by atoms with Gasteiger partial charge >= 0.3 is 35.6 Å². The third kappa shape index (κ3) is 10.9. The molecule has 0 bridgehead atoms. The summed E-state index contributed by atoms with van der Waals surface area (Å²) < 4.78 is 0. The van der Waals surface area contributed by atoms with Crippen LogP contribution in [0.5, 0.6) is 0 Å². The third-order valence-electron chi connectivity index (χ3n) is 3.03. The van der Waals surface area contributed by atoms with Crippen molar-refractivity contribution in [2.24, 2.45) is 0 Å². The Kier molecular flexibility index (Phi) is 14.6. The van der Waals surface area contributed by atoms with Gasteiger partial charge in [0.05, 0.1) is 5.91 Å². The molecule has 1 N–H and O–H groups in total. The predicted molar refractivity (Wildman–Crippen MR) is 113 cm³/mol. The topological polar surface area (TPSA) is 40.9 Å². The second-order valence-electron chi connectivity index (χ2n) is 5.43. The van der Waals surface area contributed by atoms with Crippen molar-refractivity contribution in [3.8, 4) is 0 Å². The van der Waals surface area contributed by atoms with Crippen molar-refractivity contribution in [2.45, 2.75) is 26.9 Å².